The van der Waals surface area contributed by atoms with Gasteiger partial charge in [0.15, 0.2) is 0 Å². The van der Waals surface area contributed by atoms with Crippen LogP contribution in [0, 0.1) is 0 Å². The first-order valence-electron chi connectivity index (χ1n) is 5.29. The first-order valence-corrected chi connectivity index (χ1v) is 5.29. The highest BCUT2D eigenvalue weighted by molar-refractivity contribution is 5.97. The van der Waals surface area contributed by atoms with Crippen LogP contribution in [0.2, 0.25) is 0 Å². The lowest BCUT2D eigenvalue weighted by atomic mass is 10.1. The molecule has 1 amide bonds. The van der Waals surface area contributed by atoms with Crippen molar-refractivity contribution in [3.63, 3.8) is 0 Å². The summed E-state index contributed by atoms with van der Waals surface area (Å²) in [7, 11) is 0. The highest BCUT2D eigenvalue weighted by atomic mass is 16.4. The zero-order chi connectivity index (χ0) is 12.8. The molecule has 0 aliphatic heterocycles. The maximum absolute atomic E-state index is 11.8. The first kappa shape index (κ1) is 13.0. The molecule has 1 aromatic carbocycles. The number of aromatic carboxylic acids is 1. The third-order valence-corrected chi connectivity index (χ3v) is 2.27. The summed E-state index contributed by atoms with van der Waals surface area (Å²) >= 11 is 0. The van der Waals surface area contributed by atoms with Gasteiger partial charge in [-0.3, -0.25) is 4.79 Å². The topological polar surface area (TPSA) is 66.4 Å². The number of amides is 1. The summed E-state index contributed by atoms with van der Waals surface area (Å²) in [6.07, 6.45) is 2.39. The van der Waals surface area contributed by atoms with Gasteiger partial charge in [-0.1, -0.05) is 12.1 Å². The molecule has 4 heteroatoms. The number of hydrogen-bond donors (Lipinski definition) is 2. The summed E-state index contributed by atoms with van der Waals surface area (Å²) in [6, 6.07) is 5.93. The van der Waals surface area contributed by atoms with E-state index in [2.05, 4.69) is 11.9 Å². The Morgan fingerprint density at radius 3 is 2.71 bits per heavy atom. The van der Waals surface area contributed by atoms with Crippen LogP contribution < -0.4 is 5.32 Å². The van der Waals surface area contributed by atoms with Crippen LogP contribution in [0.5, 0.6) is 0 Å². The van der Waals surface area contributed by atoms with Crippen LogP contribution in [-0.4, -0.2) is 23.0 Å². The lowest BCUT2D eigenvalue weighted by Crippen LogP contribution is -2.32. The molecule has 4 nitrogen and oxygen atoms in total. The number of carbonyl (C=O) groups excluding carboxylic acids is 1. The third-order valence-electron chi connectivity index (χ3n) is 2.27. The van der Waals surface area contributed by atoms with Crippen molar-refractivity contribution in [2.45, 2.75) is 19.4 Å². The predicted octanol–water partition coefficient (Wildman–Crippen LogP) is 2.08. The second kappa shape index (κ2) is 5.84. The van der Waals surface area contributed by atoms with Crippen LogP contribution in [-0.2, 0) is 0 Å². The Balaban J connectivity index is 2.78. The van der Waals surface area contributed by atoms with Gasteiger partial charge < -0.3 is 10.4 Å². The average Bonchev–Trinajstić information content (AvgIpc) is 2.29. The number of carboxylic acid groups (broad SMARTS) is 1. The Hall–Kier alpha value is -2.10. The maximum atomic E-state index is 11.8. The van der Waals surface area contributed by atoms with E-state index in [-0.39, 0.29) is 17.5 Å². The number of carboxylic acids is 1. The lowest BCUT2D eigenvalue weighted by molar-refractivity contribution is 0.0697. The average molecular weight is 233 g/mol. The lowest BCUT2D eigenvalue weighted by Gasteiger charge is -2.11. The summed E-state index contributed by atoms with van der Waals surface area (Å²) in [6.45, 7) is 5.45. The standard InChI is InChI=1S/C13H15NO3/c1-3-5-9(2)14-12(15)10-6-4-7-11(8-10)13(16)17/h3-4,6-9H,1,5H2,2H3,(H,14,15)(H,16,17). The first-order chi connectivity index (χ1) is 8.04. The van der Waals surface area contributed by atoms with Crippen molar-refractivity contribution in [2.75, 3.05) is 0 Å². The van der Waals surface area contributed by atoms with Crippen LogP contribution in [0.3, 0.4) is 0 Å². The van der Waals surface area contributed by atoms with Gasteiger partial charge >= 0.3 is 5.97 Å². The van der Waals surface area contributed by atoms with Crippen LogP contribution in [0.15, 0.2) is 36.9 Å². The molecule has 1 atom stereocenters. The SMILES string of the molecule is C=CCC(C)NC(=O)c1cccc(C(=O)O)c1. The molecule has 90 valence electrons. The molecule has 0 radical (unpaired) electrons. The van der Waals surface area contributed by atoms with Crippen molar-refractivity contribution in [1.82, 2.24) is 5.32 Å². The second-order valence-corrected chi connectivity index (χ2v) is 3.78. The predicted molar refractivity (Wildman–Crippen MR) is 65.1 cm³/mol. The Kier molecular flexibility index (Phi) is 4.46. The number of nitrogens with one attached hydrogen (secondary N) is 1. The van der Waals surface area contributed by atoms with Crippen molar-refractivity contribution in [2.24, 2.45) is 0 Å². The van der Waals surface area contributed by atoms with Gasteiger partial charge in [-0.2, -0.15) is 0 Å². The summed E-state index contributed by atoms with van der Waals surface area (Å²) in [4.78, 5) is 22.5. The summed E-state index contributed by atoms with van der Waals surface area (Å²) < 4.78 is 0. The molecule has 0 fully saturated rings. The van der Waals surface area contributed by atoms with Gasteiger partial charge in [-0.15, -0.1) is 6.58 Å². The summed E-state index contributed by atoms with van der Waals surface area (Å²) in [5.74, 6) is -1.32. The van der Waals surface area contributed by atoms with Gasteiger partial charge in [-0.05, 0) is 31.5 Å². The van der Waals surface area contributed by atoms with Crippen molar-refractivity contribution >= 4 is 11.9 Å². The quantitative estimate of drug-likeness (QED) is 0.765. The van der Waals surface area contributed by atoms with Gasteiger partial charge in [0.05, 0.1) is 5.56 Å². The smallest absolute Gasteiger partial charge is 0.335 e. The number of carbonyl (C=O) groups is 2. The fraction of sp³-hybridized carbons (Fsp3) is 0.231. The highest BCUT2D eigenvalue weighted by Gasteiger charge is 2.11. The van der Waals surface area contributed by atoms with E-state index in [0.717, 1.165) is 0 Å². The molecule has 1 aromatic rings. The Labute approximate surface area is 100.0 Å². The fourth-order valence-electron chi connectivity index (χ4n) is 1.41. The van der Waals surface area contributed by atoms with Crippen LogP contribution in [0.25, 0.3) is 0 Å². The van der Waals surface area contributed by atoms with E-state index in [4.69, 9.17) is 5.11 Å². The zero-order valence-electron chi connectivity index (χ0n) is 9.64. The Morgan fingerprint density at radius 1 is 1.47 bits per heavy atom. The van der Waals surface area contributed by atoms with Gasteiger partial charge in [0, 0.05) is 11.6 Å². The van der Waals surface area contributed by atoms with E-state index in [1.807, 2.05) is 6.92 Å². The molecule has 1 unspecified atom stereocenters. The van der Waals surface area contributed by atoms with Gasteiger partial charge in [0.1, 0.15) is 0 Å². The van der Waals surface area contributed by atoms with Gasteiger partial charge in [-0.25, -0.2) is 4.79 Å². The highest BCUT2D eigenvalue weighted by Crippen LogP contribution is 2.06. The number of hydrogen-bond acceptors (Lipinski definition) is 2. The molecule has 0 saturated carbocycles. The van der Waals surface area contributed by atoms with Crippen LogP contribution in [0.4, 0.5) is 0 Å². The molecule has 0 aromatic heterocycles. The third kappa shape index (κ3) is 3.75. The van der Waals surface area contributed by atoms with E-state index < -0.39 is 5.97 Å². The molecular weight excluding hydrogens is 218 g/mol. The minimum atomic E-state index is -1.04. The molecule has 0 aliphatic rings. The zero-order valence-corrected chi connectivity index (χ0v) is 9.64. The molecule has 0 saturated heterocycles. The largest absolute Gasteiger partial charge is 0.478 e. The minimum absolute atomic E-state index is 0.0199. The molecule has 17 heavy (non-hydrogen) atoms. The van der Waals surface area contributed by atoms with E-state index in [1.165, 1.54) is 12.1 Å². The van der Waals surface area contributed by atoms with E-state index in [1.54, 1.807) is 18.2 Å². The minimum Gasteiger partial charge on any atom is -0.478 e. The van der Waals surface area contributed by atoms with Gasteiger partial charge in [0.25, 0.3) is 5.91 Å². The van der Waals surface area contributed by atoms with Crippen molar-refractivity contribution in [3.05, 3.63) is 48.0 Å². The van der Waals surface area contributed by atoms with Gasteiger partial charge in [0.2, 0.25) is 0 Å². The molecule has 0 spiro atoms. The molecule has 1 rings (SSSR count). The number of rotatable bonds is 5. The maximum Gasteiger partial charge on any atom is 0.335 e. The monoisotopic (exact) mass is 233 g/mol. The van der Waals surface area contributed by atoms with E-state index in [0.29, 0.717) is 12.0 Å². The molecule has 0 aliphatic carbocycles. The van der Waals surface area contributed by atoms with E-state index >= 15 is 0 Å². The summed E-state index contributed by atoms with van der Waals surface area (Å²) in [5, 5.41) is 11.6. The Bertz CT molecular complexity index is 440. The van der Waals surface area contributed by atoms with Crippen molar-refractivity contribution in [3.8, 4) is 0 Å². The summed E-state index contributed by atoms with van der Waals surface area (Å²) in [5.41, 5.74) is 0.454. The van der Waals surface area contributed by atoms with Crippen molar-refractivity contribution in [1.29, 1.82) is 0 Å². The molecular formula is C13H15NO3. The van der Waals surface area contributed by atoms with Crippen molar-refractivity contribution < 1.29 is 14.7 Å². The fourth-order valence-corrected chi connectivity index (χ4v) is 1.41. The Morgan fingerprint density at radius 2 is 2.12 bits per heavy atom. The molecule has 2 N–H and O–H groups in total. The molecule has 0 heterocycles. The normalized spacial score (nSPS) is 11.6. The van der Waals surface area contributed by atoms with Crippen LogP contribution in [0.1, 0.15) is 34.1 Å². The molecule has 0 bridgehead atoms. The second-order valence-electron chi connectivity index (χ2n) is 3.78. The van der Waals surface area contributed by atoms with E-state index in [9.17, 15) is 9.59 Å². The number of benzene rings is 1. The van der Waals surface area contributed by atoms with Crippen LogP contribution >= 0.6 is 0 Å².